The normalized spacial score (nSPS) is 19.3. The van der Waals surface area contributed by atoms with Gasteiger partial charge in [-0.3, -0.25) is 23.4 Å². The molecule has 5 atom stereocenters. The number of aromatic amines is 1. The third-order valence-corrected chi connectivity index (χ3v) is 11.1. The van der Waals surface area contributed by atoms with Crippen LogP contribution in [0, 0.1) is 6.92 Å². The van der Waals surface area contributed by atoms with Gasteiger partial charge in [0.15, 0.2) is 0 Å². The summed E-state index contributed by atoms with van der Waals surface area (Å²) >= 11 is 1.78. The number of aromatic nitrogens is 2. The zero-order chi connectivity index (χ0) is 36.5. The molecule has 1 aliphatic rings. The summed E-state index contributed by atoms with van der Waals surface area (Å²) in [5.74, 6) is 1.65. The Labute approximate surface area is 303 Å². The quantitative estimate of drug-likeness (QED) is 0.0247. The molecule has 4 unspecified atom stereocenters. The molecule has 0 spiro atoms. The van der Waals surface area contributed by atoms with Crippen molar-refractivity contribution in [3.05, 3.63) is 43.0 Å². The van der Waals surface area contributed by atoms with E-state index in [-0.39, 0.29) is 19.1 Å². The molecule has 0 amide bonds. The molecular weight excluding hydrogens is 681 g/mol. The first-order valence-electron chi connectivity index (χ1n) is 19.0. The topological polar surface area (TPSA) is 178 Å². The molecule has 0 radical (unpaired) electrons. The second kappa shape index (κ2) is 27.0. The standard InChI is InChI=1S/C35H64N5O8PS/c1-4-6-8-10-12-14-15-17-19-21-23-50-28-30(45-22-20-18-16-13-11-9-7-5-2)26-46-49(43,44)47-27-32-31(38-39-36)24-33(48-32)40-25-29(3)34(41)37-35(40)42/h25,30-33H,4-24,26-28H2,1-3H3,(H,43,44)(H,37,41,42)/t30-,31?,32?,33?/m1/s1. The number of rotatable bonds is 31. The fourth-order valence-corrected chi connectivity index (χ4v) is 7.74. The SMILES string of the molecule is CCCCCCCCCCCCSC[C@@H](COP(=O)(O)OCC1OC(n2cc(C)c(=O)[nH]c2=O)CC1N=[N+]=[N-])OCCCCCCCCCC. The Kier molecular flexibility index (Phi) is 24.1. The van der Waals surface area contributed by atoms with Crippen LogP contribution in [0.1, 0.15) is 148 Å². The Bertz CT molecular complexity index is 1260. The lowest BCUT2D eigenvalue weighted by Crippen LogP contribution is -2.33. The summed E-state index contributed by atoms with van der Waals surface area (Å²) in [6.07, 6.45) is 21.8. The first-order valence-corrected chi connectivity index (χ1v) is 21.7. The number of azide groups is 1. The molecule has 0 saturated carbocycles. The van der Waals surface area contributed by atoms with Crippen molar-refractivity contribution >= 4 is 19.6 Å². The van der Waals surface area contributed by atoms with Crippen molar-refractivity contribution in [3.8, 4) is 0 Å². The van der Waals surface area contributed by atoms with Gasteiger partial charge in [-0.1, -0.05) is 122 Å². The average Bonchev–Trinajstić information content (AvgIpc) is 3.49. The average molecular weight is 746 g/mol. The molecule has 13 nitrogen and oxygen atoms in total. The van der Waals surface area contributed by atoms with E-state index in [2.05, 4.69) is 28.9 Å². The summed E-state index contributed by atoms with van der Waals surface area (Å²) in [5, 5.41) is 3.74. The summed E-state index contributed by atoms with van der Waals surface area (Å²) in [6, 6.07) is -0.769. The van der Waals surface area contributed by atoms with Crippen molar-refractivity contribution in [2.45, 2.75) is 167 Å². The van der Waals surface area contributed by atoms with Crippen molar-refractivity contribution in [1.82, 2.24) is 9.55 Å². The minimum Gasteiger partial charge on any atom is -0.375 e. The van der Waals surface area contributed by atoms with E-state index in [1.54, 1.807) is 18.7 Å². The first kappa shape index (κ1) is 44.5. The summed E-state index contributed by atoms with van der Waals surface area (Å²) < 4.78 is 36.8. The number of ether oxygens (including phenoxy) is 2. The zero-order valence-electron chi connectivity index (χ0n) is 30.8. The Hall–Kier alpha value is -1.63. The molecule has 2 N–H and O–H groups in total. The number of nitrogens with zero attached hydrogens (tertiary/aromatic N) is 4. The van der Waals surface area contributed by atoms with Gasteiger partial charge in [0.1, 0.15) is 6.23 Å². The molecule has 1 aromatic rings. The molecular formula is C35H64N5O8PS. The number of aryl methyl sites for hydroxylation is 1. The number of phosphoric acid groups is 1. The number of phosphoric ester groups is 1. The third kappa shape index (κ3) is 19.3. The summed E-state index contributed by atoms with van der Waals surface area (Å²) in [5.41, 5.74) is 8.19. The smallest absolute Gasteiger partial charge is 0.375 e. The van der Waals surface area contributed by atoms with E-state index in [0.29, 0.717) is 17.9 Å². The maximum atomic E-state index is 12.9. The summed E-state index contributed by atoms with van der Waals surface area (Å²) in [6.45, 7) is 6.08. The van der Waals surface area contributed by atoms with Gasteiger partial charge in [0.05, 0.1) is 31.5 Å². The predicted molar refractivity (Wildman–Crippen MR) is 201 cm³/mol. The van der Waals surface area contributed by atoms with E-state index in [0.717, 1.165) is 25.0 Å². The highest BCUT2D eigenvalue weighted by Crippen LogP contribution is 2.45. The van der Waals surface area contributed by atoms with Crippen LogP contribution in [0.5, 0.6) is 0 Å². The lowest BCUT2D eigenvalue weighted by Gasteiger charge is -2.21. The third-order valence-electron chi connectivity index (χ3n) is 8.98. The van der Waals surface area contributed by atoms with Gasteiger partial charge in [0.25, 0.3) is 5.56 Å². The maximum absolute atomic E-state index is 12.9. The van der Waals surface area contributed by atoms with Crippen LogP contribution in [-0.2, 0) is 23.1 Å². The number of hydrogen-bond acceptors (Lipinski definition) is 9. The van der Waals surface area contributed by atoms with Gasteiger partial charge >= 0.3 is 13.5 Å². The highest BCUT2D eigenvalue weighted by Gasteiger charge is 2.38. The van der Waals surface area contributed by atoms with Crippen molar-refractivity contribution in [3.63, 3.8) is 0 Å². The number of nitrogens with one attached hydrogen (secondary N) is 1. The molecule has 50 heavy (non-hydrogen) atoms. The lowest BCUT2D eigenvalue weighted by molar-refractivity contribution is -0.0315. The molecule has 2 rings (SSSR count). The van der Waals surface area contributed by atoms with Crippen LogP contribution in [0.4, 0.5) is 0 Å². The summed E-state index contributed by atoms with van der Waals surface area (Å²) in [7, 11) is -4.51. The highest BCUT2D eigenvalue weighted by molar-refractivity contribution is 7.99. The lowest BCUT2D eigenvalue weighted by atomic mass is 10.1. The second-order valence-corrected chi connectivity index (χ2v) is 16.0. The van der Waals surface area contributed by atoms with Crippen molar-refractivity contribution < 1.29 is 28.0 Å². The minimum atomic E-state index is -4.51. The molecule has 2 heterocycles. The van der Waals surface area contributed by atoms with E-state index in [1.807, 2.05) is 0 Å². The fourth-order valence-electron chi connectivity index (χ4n) is 5.94. The summed E-state index contributed by atoms with van der Waals surface area (Å²) in [4.78, 5) is 39.8. The second-order valence-electron chi connectivity index (χ2n) is 13.4. The van der Waals surface area contributed by atoms with E-state index in [4.69, 9.17) is 24.1 Å². The van der Waals surface area contributed by atoms with Gasteiger partial charge in [0.2, 0.25) is 0 Å². The van der Waals surface area contributed by atoms with Crippen LogP contribution in [0.25, 0.3) is 10.4 Å². The number of thioether (sulfide) groups is 1. The number of H-pyrrole nitrogens is 1. The Morgan fingerprint density at radius 1 is 0.980 bits per heavy atom. The molecule has 0 aliphatic carbocycles. The number of hydrogen-bond donors (Lipinski definition) is 2. The first-order chi connectivity index (χ1) is 24.2. The van der Waals surface area contributed by atoms with Crippen molar-refractivity contribution in [2.75, 3.05) is 31.3 Å². The Morgan fingerprint density at radius 2 is 1.56 bits per heavy atom. The van der Waals surface area contributed by atoms with Crippen LogP contribution in [-0.4, -0.2) is 64.0 Å². The van der Waals surface area contributed by atoms with Gasteiger partial charge in [-0.2, -0.15) is 11.8 Å². The van der Waals surface area contributed by atoms with E-state index in [9.17, 15) is 19.0 Å². The molecule has 1 fully saturated rings. The Balaban J connectivity index is 1.81. The maximum Gasteiger partial charge on any atom is 0.472 e. The van der Waals surface area contributed by atoms with Crippen LogP contribution in [0.3, 0.4) is 0 Å². The van der Waals surface area contributed by atoms with Gasteiger partial charge < -0.3 is 14.4 Å². The molecule has 1 aliphatic heterocycles. The molecule has 1 saturated heterocycles. The van der Waals surface area contributed by atoms with E-state index in [1.165, 1.54) is 107 Å². The van der Waals surface area contributed by atoms with Gasteiger partial charge in [0, 0.05) is 35.5 Å². The predicted octanol–water partition coefficient (Wildman–Crippen LogP) is 9.13. The monoisotopic (exact) mass is 745 g/mol. The highest BCUT2D eigenvalue weighted by atomic mass is 32.2. The molecule has 15 heteroatoms. The van der Waals surface area contributed by atoms with Gasteiger partial charge in [-0.25, -0.2) is 9.36 Å². The van der Waals surface area contributed by atoms with Crippen LogP contribution >= 0.6 is 19.6 Å². The van der Waals surface area contributed by atoms with E-state index < -0.39 is 44.1 Å². The van der Waals surface area contributed by atoms with Crippen molar-refractivity contribution in [1.29, 1.82) is 0 Å². The fraction of sp³-hybridized carbons (Fsp3) is 0.886. The molecule has 0 aromatic carbocycles. The van der Waals surface area contributed by atoms with Crippen LogP contribution < -0.4 is 11.2 Å². The number of unbranched alkanes of at least 4 members (excludes halogenated alkanes) is 16. The Morgan fingerprint density at radius 3 is 2.16 bits per heavy atom. The largest absolute Gasteiger partial charge is 0.472 e. The van der Waals surface area contributed by atoms with Crippen molar-refractivity contribution in [2.24, 2.45) is 5.11 Å². The molecule has 0 bridgehead atoms. The van der Waals surface area contributed by atoms with Gasteiger partial charge in [-0.05, 0) is 31.0 Å². The minimum absolute atomic E-state index is 0.101. The zero-order valence-corrected chi connectivity index (χ0v) is 32.5. The molecule has 1 aromatic heterocycles. The van der Waals surface area contributed by atoms with Crippen LogP contribution in [0.15, 0.2) is 20.9 Å². The molecule has 288 valence electrons. The van der Waals surface area contributed by atoms with Crippen LogP contribution in [0.2, 0.25) is 0 Å². The van der Waals surface area contributed by atoms with E-state index >= 15 is 0 Å². The van der Waals surface area contributed by atoms with Gasteiger partial charge in [-0.15, -0.1) is 0 Å².